The fourth-order valence-corrected chi connectivity index (χ4v) is 1.65. The number of allylic oxidation sites excluding steroid dienone is 1. The summed E-state index contributed by atoms with van der Waals surface area (Å²) in [5.74, 6) is 0.286. The zero-order chi connectivity index (χ0) is 12.3. The van der Waals surface area contributed by atoms with E-state index in [1.54, 1.807) is 12.1 Å². The van der Waals surface area contributed by atoms with Crippen LogP contribution >= 0.6 is 0 Å². The third kappa shape index (κ3) is 2.88. The first kappa shape index (κ1) is 11.3. The topological polar surface area (TPSA) is 46.2 Å². The molecule has 0 saturated heterocycles. The van der Waals surface area contributed by atoms with Crippen molar-refractivity contribution in [3.8, 4) is 5.75 Å². The second kappa shape index (κ2) is 4.74. The second-order valence-corrected chi connectivity index (χ2v) is 4.04. The van der Waals surface area contributed by atoms with E-state index in [0.717, 1.165) is 22.4 Å². The maximum Gasteiger partial charge on any atom is 0.115 e. The Labute approximate surface area is 101 Å². The van der Waals surface area contributed by atoms with Gasteiger partial charge in [0.1, 0.15) is 5.75 Å². The third-order valence-electron chi connectivity index (χ3n) is 2.64. The number of rotatable bonds is 2. The summed E-state index contributed by atoms with van der Waals surface area (Å²) in [7, 11) is 0. The fourth-order valence-electron chi connectivity index (χ4n) is 1.65. The van der Waals surface area contributed by atoms with E-state index >= 15 is 0 Å². The van der Waals surface area contributed by atoms with Gasteiger partial charge in [0, 0.05) is 5.69 Å². The molecule has 0 aliphatic carbocycles. The van der Waals surface area contributed by atoms with Crippen molar-refractivity contribution in [3.63, 3.8) is 0 Å². The normalized spacial score (nSPS) is 11.5. The lowest BCUT2D eigenvalue weighted by molar-refractivity contribution is 0.475. The summed E-state index contributed by atoms with van der Waals surface area (Å²) >= 11 is 0. The number of hydrogen-bond donors (Lipinski definition) is 2. The van der Waals surface area contributed by atoms with Crippen molar-refractivity contribution >= 4 is 17.3 Å². The van der Waals surface area contributed by atoms with Crippen molar-refractivity contribution in [2.75, 3.05) is 5.73 Å². The van der Waals surface area contributed by atoms with E-state index < -0.39 is 0 Å². The van der Waals surface area contributed by atoms with Crippen LogP contribution < -0.4 is 5.73 Å². The second-order valence-electron chi connectivity index (χ2n) is 4.04. The molecule has 2 heteroatoms. The van der Waals surface area contributed by atoms with Gasteiger partial charge >= 0.3 is 0 Å². The van der Waals surface area contributed by atoms with E-state index in [1.165, 1.54) is 0 Å². The first-order valence-corrected chi connectivity index (χ1v) is 5.48. The molecule has 0 amide bonds. The Bertz CT molecular complexity index is 524. The molecular formula is C15H15NO. The lowest BCUT2D eigenvalue weighted by Crippen LogP contribution is -1.84. The van der Waals surface area contributed by atoms with Crippen LogP contribution in [-0.4, -0.2) is 5.11 Å². The van der Waals surface area contributed by atoms with Crippen molar-refractivity contribution in [1.29, 1.82) is 0 Å². The van der Waals surface area contributed by atoms with Crippen molar-refractivity contribution in [2.24, 2.45) is 0 Å². The van der Waals surface area contributed by atoms with E-state index in [9.17, 15) is 5.11 Å². The highest BCUT2D eigenvalue weighted by Crippen LogP contribution is 2.20. The number of benzene rings is 2. The highest BCUT2D eigenvalue weighted by atomic mass is 16.3. The molecule has 0 bridgehead atoms. The van der Waals surface area contributed by atoms with Crippen LogP contribution in [0.4, 0.5) is 5.69 Å². The van der Waals surface area contributed by atoms with Gasteiger partial charge < -0.3 is 10.8 Å². The Kier molecular flexibility index (Phi) is 3.15. The molecule has 17 heavy (non-hydrogen) atoms. The zero-order valence-corrected chi connectivity index (χ0v) is 9.72. The Hall–Kier alpha value is -2.22. The molecule has 2 nitrogen and oxygen atoms in total. The quantitative estimate of drug-likeness (QED) is 0.606. The lowest BCUT2D eigenvalue weighted by Gasteiger charge is -2.02. The number of phenols is 1. The number of phenolic OH excluding ortho intramolecular Hbond substituents is 1. The molecule has 2 rings (SSSR count). The van der Waals surface area contributed by atoms with Crippen LogP contribution in [0.1, 0.15) is 18.1 Å². The van der Waals surface area contributed by atoms with Gasteiger partial charge in [0.2, 0.25) is 0 Å². The van der Waals surface area contributed by atoms with Gasteiger partial charge in [-0.1, -0.05) is 30.3 Å². The van der Waals surface area contributed by atoms with Crippen LogP contribution in [0.3, 0.4) is 0 Å². The maximum absolute atomic E-state index is 9.23. The van der Waals surface area contributed by atoms with Crippen molar-refractivity contribution in [2.45, 2.75) is 6.92 Å². The van der Waals surface area contributed by atoms with Gasteiger partial charge in [0.25, 0.3) is 0 Å². The first-order chi connectivity index (χ1) is 8.15. The molecule has 0 radical (unpaired) electrons. The van der Waals surface area contributed by atoms with Crippen LogP contribution in [-0.2, 0) is 0 Å². The molecule has 0 fully saturated rings. The molecule has 0 saturated carbocycles. The van der Waals surface area contributed by atoms with Gasteiger partial charge in [-0.05, 0) is 47.9 Å². The number of anilines is 1. The minimum atomic E-state index is 0.286. The monoisotopic (exact) mass is 225 g/mol. The molecule has 0 atom stereocenters. The van der Waals surface area contributed by atoms with E-state index in [0.29, 0.717) is 0 Å². The van der Waals surface area contributed by atoms with Gasteiger partial charge in [-0.2, -0.15) is 0 Å². The standard InChI is InChI=1S/C15H15NO/c1-11(13-4-8-15(17)9-5-13)10-12-2-6-14(16)7-3-12/h2-10,17H,16H2,1H3. The predicted molar refractivity (Wildman–Crippen MR) is 72.5 cm³/mol. The van der Waals surface area contributed by atoms with E-state index in [4.69, 9.17) is 5.73 Å². The first-order valence-electron chi connectivity index (χ1n) is 5.48. The van der Waals surface area contributed by atoms with Gasteiger partial charge in [0.15, 0.2) is 0 Å². The van der Waals surface area contributed by atoms with E-state index in [1.807, 2.05) is 43.3 Å². The summed E-state index contributed by atoms with van der Waals surface area (Å²) in [6.45, 7) is 2.04. The van der Waals surface area contributed by atoms with Crippen LogP contribution in [0.5, 0.6) is 5.75 Å². The lowest BCUT2D eigenvalue weighted by atomic mass is 10.0. The molecule has 0 aliphatic rings. The molecule has 86 valence electrons. The Morgan fingerprint density at radius 3 is 2.18 bits per heavy atom. The molecule has 3 N–H and O–H groups in total. The van der Waals surface area contributed by atoms with Crippen molar-refractivity contribution in [1.82, 2.24) is 0 Å². The van der Waals surface area contributed by atoms with Gasteiger partial charge in [-0.25, -0.2) is 0 Å². The highest BCUT2D eigenvalue weighted by Gasteiger charge is 1.96. The number of nitrogens with two attached hydrogens (primary N) is 1. The molecular weight excluding hydrogens is 210 g/mol. The Morgan fingerprint density at radius 1 is 1.00 bits per heavy atom. The maximum atomic E-state index is 9.23. The zero-order valence-electron chi connectivity index (χ0n) is 9.72. The summed E-state index contributed by atoms with van der Waals surface area (Å²) in [6.07, 6.45) is 2.09. The summed E-state index contributed by atoms with van der Waals surface area (Å²) < 4.78 is 0. The molecule has 0 unspecified atom stereocenters. The molecule has 0 aromatic heterocycles. The average molecular weight is 225 g/mol. The molecule has 2 aromatic rings. The highest BCUT2D eigenvalue weighted by molar-refractivity contribution is 5.80. The summed E-state index contributed by atoms with van der Waals surface area (Å²) in [4.78, 5) is 0. The summed E-state index contributed by atoms with van der Waals surface area (Å²) in [5.41, 5.74) is 9.77. The van der Waals surface area contributed by atoms with Crippen LogP contribution in [0.15, 0.2) is 48.5 Å². The van der Waals surface area contributed by atoms with Crippen LogP contribution in [0.25, 0.3) is 11.6 Å². The van der Waals surface area contributed by atoms with Crippen LogP contribution in [0.2, 0.25) is 0 Å². The van der Waals surface area contributed by atoms with Crippen LogP contribution in [0, 0.1) is 0 Å². The third-order valence-corrected chi connectivity index (χ3v) is 2.64. The summed E-state index contributed by atoms with van der Waals surface area (Å²) in [5, 5.41) is 9.23. The molecule has 0 spiro atoms. The van der Waals surface area contributed by atoms with Gasteiger partial charge in [0.05, 0.1) is 0 Å². The summed E-state index contributed by atoms with van der Waals surface area (Å²) in [6, 6.07) is 14.9. The smallest absolute Gasteiger partial charge is 0.115 e. The fraction of sp³-hybridized carbons (Fsp3) is 0.0667. The molecule has 2 aromatic carbocycles. The molecule has 0 aliphatic heterocycles. The number of nitrogen functional groups attached to an aromatic ring is 1. The van der Waals surface area contributed by atoms with Crippen molar-refractivity contribution in [3.05, 3.63) is 59.7 Å². The Balaban J connectivity index is 2.27. The predicted octanol–water partition coefficient (Wildman–Crippen LogP) is 3.53. The number of aromatic hydroxyl groups is 1. The SMILES string of the molecule is CC(=Cc1ccc(N)cc1)c1ccc(O)cc1. The largest absolute Gasteiger partial charge is 0.508 e. The number of hydrogen-bond acceptors (Lipinski definition) is 2. The minimum absolute atomic E-state index is 0.286. The van der Waals surface area contributed by atoms with Gasteiger partial charge in [-0.3, -0.25) is 0 Å². The van der Waals surface area contributed by atoms with E-state index in [2.05, 4.69) is 6.08 Å². The van der Waals surface area contributed by atoms with Crippen molar-refractivity contribution < 1.29 is 5.11 Å². The average Bonchev–Trinajstić information content (AvgIpc) is 2.33. The van der Waals surface area contributed by atoms with Gasteiger partial charge in [-0.15, -0.1) is 0 Å². The molecule has 0 heterocycles. The minimum Gasteiger partial charge on any atom is -0.508 e. The van der Waals surface area contributed by atoms with E-state index in [-0.39, 0.29) is 5.75 Å². The Morgan fingerprint density at radius 2 is 1.59 bits per heavy atom.